The maximum absolute atomic E-state index is 10.3. The fourth-order valence-corrected chi connectivity index (χ4v) is 2.13. The summed E-state index contributed by atoms with van der Waals surface area (Å²) in [6.07, 6.45) is 4.06. The molecule has 163 valence electrons. The number of halogens is 3. The van der Waals surface area contributed by atoms with Crippen LogP contribution in [0.3, 0.4) is 0 Å². The number of carboxylic acid groups (broad SMARTS) is 3. The first-order valence-corrected chi connectivity index (χ1v) is 8.78. The van der Waals surface area contributed by atoms with Gasteiger partial charge in [0.1, 0.15) is 15.5 Å². The maximum atomic E-state index is 10.3. The van der Waals surface area contributed by atoms with E-state index in [-0.39, 0.29) is 81.5 Å². The Morgan fingerprint density at radius 3 is 0.935 bits per heavy atom. The van der Waals surface area contributed by atoms with E-state index < -0.39 is 17.9 Å². The molecule has 0 bridgehead atoms. The summed E-state index contributed by atoms with van der Waals surface area (Å²) in [6, 6.07) is 8.04. The molecule has 3 heterocycles. The minimum atomic E-state index is -0.996. The topological polar surface area (TPSA) is 151 Å². The summed E-state index contributed by atoms with van der Waals surface area (Å²) in [4.78, 5) is 41.7. The van der Waals surface area contributed by atoms with Crippen LogP contribution in [0.25, 0.3) is 0 Å². The van der Waals surface area contributed by atoms with Crippen LogP contribution in [0.4, 0.5) is 0 Å². The van der Waals surface area contributed by atoms with Gasteiger partial charge in [0.2, 0.25) is 0 Å². The molecule has 0 fully saturated rings. The summed E-state index contributed by atoms with van der Waals surface area (Å²) in [6.45, 7) is 0. The molecule has 3 aromatic rings. The summed E-state index contributed by atoms with van der Waals surface area (Å²) in [5.41, 5.74) is 0.458. The Labute approximate surface area is 231 Å². The third-order valence-corrected chi connectivity index (χ3v) is 3.54. The van der Waals surface area contributed by atoms with Crippen molar-refractivity contribution in [2.24, 2.45) is 0 Å². The predicted octanol–water partition coefficient (Wildman–Crippen LogP) is 4.30. The molecule has 13 heteroatoms. The van der Waals surface area contributed by atoms with Crippen LogP contribution in [0.1, 0.15) is 31.1 Å². The first-order valence-electron chi connectivity index (χ1n) is 7.64. The van der Waals surface area contributed by atoms with Gasteiger partial charge >= 0.3 is 17.9 Å². The Morgan fingerprint density at radius 1 is 0.581 bits per heavy atom. The van der Waals surface area contributed by atoms with Gasteiger partial charge in [0.05, 0.1) is 16.7 Å². The van der Waals surface area contributed by atoms with Crippen molar-refractivity contribution in [3.63, 3.8) is 0 Å². The molecule has 0 saturated heterocycles. The number of aromatic carboxylic acids is 3. The van der Waals surface area contributed by atoms with E-state index in [1.807, 2.05) is 0 Å². The molecule has 0 aliphatic carbocycles. The molecule has 0 amide bonds. The van der Waals surface area contributed by atoms with Gasteiger partial charge in [0.15, 0.2) is 0 Å². The Bertz CT molecular complexity index is 923. The molecule has 1 radical (unpaired) electrons. The normalized spacial score (nSPS) is 9.00. The van der Waals surface area contributed by atoms with Gasteiger partial charge in [0.25, 0.3) is 0 Å². The molecule has 31 heavy (non-hydrogen) atoms. The van der Waals surface area contributed by atoms with Gasteiger partial charge in [-0.05, 0) is 36.4 Å². The second kappa shape index (κ2) is 15.2. The van der Waals surface area contributed by atoms with Crippen molar-refractivity contribution in [2.45, 2.75) is 0 Å². The van der Waals surface area contributed by atoms with Crippen LogP contribution in [0.15, 0.2) is 55.0 Å². The third-order valence-electron chi connectivity index (χ3n) is 2.92. The fraction of sp³-hybridized carbons (Fsp3) is 0. The number of rotatable bonds is 3. The molecule has 3 N–H and O–H groups in total. The number of aromatic nitrogens is 3. The number of carboxylic acids is 3. The van der Waals surface area contributed by atoms with Crippen LogP contribution in [0.2, 0.25) is 15.5 Å². The van der Waals surface area contributed by atoms with Crippen molar-refractivity contribution in [3.8, 4) is 0 Å². The molecule has 0 aliphatic rings. The third kappa shape index (κ3) is 12.1. The molecule has 0 aromatic carbocycles. The van der Waals surface area contributed by atoms with Gasteiger partial charge in [-0.2, -0.15) is 0 Å². The van der Waals surface area contributed by atoms with Crippen molar-refractivity contribution in [3.05, 3.63) is 87.1 Å². The standard InChI is InChI=1S/3C6H4ClNO2.Eu/c3*7-5-3-4(6(9)10)1-2-8-5;/h3*1-3H,(H,9,10);. The van der Waals surface area contributed by atoms with Crippen molar-refractivity contribution in [1.82, 2.24) is 15.0 Å². The number of hydrogen-bond donors (Lipinski definition) is 3. The zero-order valence-electron chi connectivity index (χ0n) is 15.1. The van der Waals surface area contributed by atoms with Gasteiger partial charge in [-0.15, -0.1) is 0 Å². The van der Waals surface area contributed by atoms with E-state index >= 15 is 0 Å². The molecule has 3 aromatic heterocycles. The Hall–Kier alpha value is -1.69. The minimum Gasteiger partial charge on any atom is -0.478 e. The average Bonchev–Trinajstić information content (AvgIpc) is 2.69. The molecular weight excluding hydrogens is 613 g/mol. The fourth-order valence-electron chi connectivity index (χ4n) is 1.61. The molecule has 0 atom stereocenters. The van der Waals surface area contributed by atoms with Crippen LogP contribution in [0, 0.1) is 49.4 Å². The van der Waals surface area contributed by atoms with E-state index in [4.69, 9.17) is 50.1 Å². The van der Waals surface area contributed by atoms with Gasteiger partial charge < -0.3 is 15.3 Å². The van der Waals surface area contributed by atoms with E-state index in [1.165, 1.54) is 55.0 Å². The Kier molecular flexibility index (Phi) is 14.3. The van der Waals surface area contributed by atoms with Gasteiger partial charge in [0, 0.05) is 68.0 Å². The Morgan fingerprint density at radius 2 is 0.806 bits per heavy atom. The minimum absolute atomic E-state index is 0. The van der Waals surface area contributed by atoms with Crippen molar-refractivity contribution in [2.75, 3.05) is 0 Å². The smallest absolute Gasteiger partial charge is 0.335 e. The SMILES string of the molecule is O=C(O)c1ccnc(Cl)c1.O=C(O)c1ccnc(Cl)c1.O=C(O)c1ccnc(Cl)c1.[Eu]. The zero-order chi connectivity index (χ0) is 22.7. The second-order valence-electron chi connectivity index (χ2n) is 5.02. The summed E-state index contributed by atoms with van der Waals surface area (Å²) in [5.74, 6) is -2.99. The molecule has 0 saturated carbocycles. The second-order valence-corrected chi connectivity index (χ2v) is 6.18. The number of hydrogen-bond acceptors (Lipinski definition) is 6. The monoisotopic (exact) mass is 624 g/mol. The first-order chi connectivity index (χ1) is 14.1. The van der Waals surface area contributed by atoms with Crippen molar-refractivity contribution < 1.29 is 79.1 Å². The van der Waals surface area contributed by atoms with Crippen LogP contribution < -0.4 is 0 Å². The van der Waals surface area contributed by atoms with Crippen LogP contribution in [0.5, 0.6) is 0 Å². The molecule has 3 rings (SSSR count). The van der Waals surface area contributed by atoms with E-state index in [1.54, 1.807) is 0 Å². The molecule has 0 unspecified atom stereocenters. The molecule has 0 spiro atoms. The largest absolute Gasteiger partial charge is 0.478 e. The van der Waals surface area contributed by atoms with Gasteiger partial charge in [-0.1, -0.05) is 34.8 Å². The average molecular weight is 625 g/mol. The van der Waals surface area contributed by atoms with Gasteiger partial charge in [-0.25, -0.2) is 29.3 Å². The molecule has 9 nitrogen and oxygen atoms in total. The van der Waals surface area contributed by atoms with Crippen LogP contribution in [-0.4, -0.2) is 48.2 Å². The molecule has 0 aliphatic heterocycles. The quantitative estimate of drug-likeness (QED) is 0.363. The number of nitrogens with zero attached hydrogens (tertiary/aromatic N) is 3. The number of carbonyl (C=O) groups is 3. The predicted molar refractivity (Wildman–Crippen MR) is 109 cm³/mol. The summed E-state index contributed by atoms with van der Waals surface area (Å²) >= 11 is 16.2. The van der Waals surface area contributed by atoms with Gasteiger partial charge in [-0.3, -0.25) is 0 Å². The van der Waals surface area contributed by atoms with E-state index in [9.17, 15) is 14.4 Å². The maximum Gasteiger partial charge on any atom is 0.335 e. The van der Waals surface area contributed by atoms with E-state index in [0.717, 1.165) is 0 Å². The summed E-state index contributed by atoms with van der Waals surface area (Å²) in [7, 11) is 0. The first kappa shape index (κ1) is 29.3. The van der Waals surface area contributed by atoms with Crippen LogP contribution >= 0.6 is 34.8 Å². The molecular formula is C18H12Cl3EuN3O6. The number of pyridine rings is 3. The van der Waals surface area contributed by atoms with E-state index in [2.05, 4.69) is 15.0 Å². The van der Waals surface area contributed by atoms with Crippen molar-refractivity contribution in [1.29, 1.82) is 0 Å². The zero-order valence-corrected chi connectivity index (χ0v) is 19.8. The summed E-state index contributed by atoms with van der Waals surface area (Å²) < 4.78 is 0. The van der Waals surface area contributed by atoms with Crippen LogP contribution in [-0.2, 0) is 0 Å². The summed E-state index contributed by atoms with van der Waals surface area (Å²) in [5, 5.41) is 25.9. The Balaban J connectivity index is 0.000000429. The van der Waals surface area contributed by atoms with E-state index in [0.29, 0.717) is 0 Å². The van der Waals surface area contributed by atoms with Crippen molar-refractivity contribution >= 4 is 52.7 Å².